The van der Waals surface area contributed by atoms with Gasteiger partial charge < -0.3 is 9.73 Å². The molecule has 3 heteroatoms. The van der Waals surface area contributed by atoms with Gasteiger partial charge in [-0.15, -0.1) is 0 Å². The minimum absolute atomic E-state index is 0.604. The van der Waals surface area contributed by atoms with E-state index in [1.807, 2.05) is 7.05 Å². The summed E-state index contributed by atoms with van der Waals surface area (Å²) in [4.78, 5) is 2.57. The Morgan fingerprint density at radius 3 is 2.72 bits per heavy atom. The fourth-order valence-corrected chi connectivity index (χ4v) is 2.31. The Kier molecular flexibility index (Phi) is 4.46. The first-order chi connectivity index (χ1) is 8.60. The zero-order chi connectivity index (χ0) is 13.1. The van der Waals surface area contributed by atoms with E-state index in [9.17, 15) is 0 Å². The molecular formula is C15H26N2O. The Bertz CT molecular complexity index is 380. The van der Waals surface area contributed by atoms with Crippen LogP contribution in [-0.4, -0.2) is 24.5 Å². The van der Waals surface area contributed by atoms with Crippen LogP contribution in [0.5, 0.6) is 0 Å². The standard InChI is InChI=1S/C15H26N2O/c1-11(2)17(9-13-5-6-13)10-14-7-15(8-16-4)18-12(14)3/h7,11,13,16H,5-6,8-10H2,1-4H3. The molecule has 102 valence electrons. The molecule has 3 nitrogen and oxygen atoms in total. The molecule has 1 aliphatic rings. The van der Waals surface area contributed by atoms with Crippen molar-refractivity contribution < 1.29 is 4.42 Å². The first kappa shape index (κ1) is 13.6. The van der Waals surface area contributed by atoms with Crippen LogP contribution in [-0.2, 0) is 13.1 Å². The lowest BCUT2D eigenvalue weighted by Gasteiger charge is -2.26. The van der Waals surface area contributed by atoms with Gasteiger partial charge in [0, 0.05) is 24.7 Å². The van der Waals surface area contributed by atoms with Crippen LogP contribution in [0.4, 0.5) is 0 Å². The lowest BCUT2D eigenvalue weighted by molar-refractivity contribution is 0.202. The Morgan fingerprint density at radius 1 is 1.44 bits per heavy atom. The number of hydrogen-bond acceptors (Lipinski definition) is 3. The Balaban J connectivity index is 2.00. The van der Waals surface area contributed by atoms with Crippen LogP contribution in [0.1, 0.15) is 43.8 Å². The SMILES string of the molecule is CNCc1cc(CN(CC2CC2)C(C)C)c(C)o1. The Labute approximate surface area is 111 Å². The van der Waals surface area contributed by atoms with Gasteiger partial charge in [-0.25, -0.2) is 0 Å². The van der Waals surface area contributed by atoms with Crippen molar-refractivity contribution in [3.05, 3.63) is 23.2 Å². The van der Waals surface area contributed by atoms with Gasteiger partial charge in [0.1, 0.15) is 11.5 Å². The topological polar surface area (TPSA) is 28.4 Å². The molecule has 1 aliphatic carbocycles. The normalized spacial score (nSPS) is 15.9. The summed E-state index contributed by atoms with van der Waals surface area (Å²) in [5.74, 6) is 3.05. The third-order valence-corrected chi connectivity index (χ3v) is 3.72. The van der Waals surface area contributed by atoms with Crippen LogP contribution < -0.4 is 5.32 Å². The molecule has 0 unspecified atom stereocenters. The van der Waals surface area contributed by atoms with Crippen molar-refractivity contribution in [2.24, 2.45) is 5.92 Å². The molecule has 0 aliphatic heterocycles. The number of nitrogens with one attached hydrogen (secondary N) is 1. The first-order valence-corrected chi connectivity index (χ1v) is 7.07. The molecule has 1 aromatic rings. The third-order valence-electron chi connectivity index (χ3n) is 3.72. The van der Waals surface area contributed by atoms with E-state index in [-0.39, 0.29) is 0 Å². The van der Waals surface area contributed by atoms with E-state index in [0.717, 1.165) is 30.5 Å². The highest BCUT2D eigenvalue weighted by atomic mass is 16.3. The molecule has 2 rings (SSSR count). The van der Waals surface area contributed by atoms with E-state index in [2.05, 4.69) is 37.1 Å². The van der Waals surface area contributed by atoms with Crippen molar-refractivity contribution in [3.8, 4) is 0 Å². The van der Waals surface area contributed by atoms with E-state index < -0.39 is 0 Å². The summed E-state index contributed by atoms with van der Waals surface area (Å²) >= 11 is 0. The van der Waals surface area contributed by atoms with E-state index in [1.54, 1.807) is 0 Å². The maximum atomic E-state index is 5.77. The number of furan rings is 1. The van der Waals surface area contributed by atoms with E-state index in [0.29, 0.717) is 6.04 Å². The molecule has 0 bridgehead atoms. The predicted octanol–water partition coefficient (Wildman–Crippen LogP) is 2.93. The first-order valence-electron chi connectivity index (χ1n) is 7.07. The van der Waals surface area contributed by atoms with Crippen molar-refractivity contribution >= 4 is 0 Å². The average Bonchev–Trinajstić information content (AvgIpc) is 3.04. The van der Waals surface area contributed by atoms with Gasteiger partial charge in [0.05, 0.1) is 6.54 Å². The van der Waals surface area contributed by atoms with Crippen LogP contribution in [0, 0.1) is 12.8 Å². The van der Waals surface area contributed by atoms with Crippen LogP contribution >= 0.6 is 0 Å². The van der Waals surface area contributed by atoms with Crippen LogP contribution in [0.15, 0.2) is 10.5 Å². The molecule has 0 radical (unpaired) electrons. The maximum Gasteiger partial charge on any atom is 0.118 e. The number of rotatable bonds is 7. The molecule has 0 saturated heterocycles. The summed E-state index contributed by atoms with van der Waals surface area (Å²) in [6.07, 6.45) is 2.83. The van der Waals surface area contributed by atoms with Gasteiger partial charge in [-0.05, 0) is 52.6 Å². The van der Waals surface area contributed by atoms with Gasteiger partial charge in [0.2, 0.25) is 0 Å². The fourth-order valence-electron chi connectivity index (χ4n) is 2.31. The molecule has 1 heterocycles. The van der Waals surface area contributed by atoms with E-state index >= 15 is 0 Å². The van der Waals surface area contributed by atoms with E-state index in [1.165, 1.54) is 24.9 Å². The monoisotopic (exact) mass is 250 g/mol. The van der Waals surface area contributed by atoms with Gasteiger partial charge in [-0.1, -0.05) is 0 Å². The zero-order valence-electron chi connectivity index (χ0n) is 12.1. The van der Waals surface area contributed by atoms with Crippen molar-refractivity contribution in [1.29, 1.82) is 0 Å². The van der Waals surface area contributed by atoms with Gasteiger partial charge in [-0.3, -0.25) is 4.90 Å². The minimum atomic E-state index is 0.604. The Hall–Kier alpha value is -0.800. The Morgan fingerprint density at radius 2 is 2.17 bits per heavy atom. The number of hydrogen-bond donors (Lipinski definition) is 1. The highest BCUT2D eigenvalue weighted by Crippen LogP contribution is 2.31. The molecule has 18 heavy (non-hydrogen) atoms. The lowest BCUT2D eigenvalue weighted by atomic mass is 10.2. The molecule has 0 aromatic carbocycles. The third kappa shape index (κ3) is 3.59. The van der Waals surface area contributed by atoms with Crippen molar-refractivity contribution in [1.82, 2.24) is 10.2 Å². The minimum Gasteiger partial charge on any atom is -0.465 e. The highest BCUT2D eigenvalue weighted by molar-refractivity contribution is 5.20. The largest absolute Gasteiger partial charge is 0.465 e. The summed E-state index contributed by atoms with van der Waals surface area (Å²) in [7, 11) is 1.95. The second-order valence-electron chi connectivity index (χ2n) is 5.79. The van der Waals surface area contributed by atoms with Gasteiger partial charge in [0.15, 0.2) is 0 Å². The summed E-state index contributed by atoms with van der Waals surface area (Å²) in [6.45, 7) is 9.71. The summed E-state index contributed by atoms with van der Waals surface area (Å²) in [6, 6.07) is 2.81. The van der Waals surface area contributed by atoms with Gasteiger partial charge >= 0.3 is 0 Å². The quantitative estimate of drug-likeness (QED) is 0.806. The average molecular weight is 250 g/mol. The summed E-state index contributed by atoms with van der Waals surface area (Å²) in [5.41, 5.74) is 1.34. The smallest absolute Gasteiger partial charge is 0.118 e. The molecule has 1 fully saturated rings. The summed E-state index contributed by atoms with van der Waals surface area (Å²) in [5, 5.41) is 3.14. The predicted molar refractivity (Wildman–Crippen MR) is 74.5 cm³/mol. The van der Waals surface area contributed by atoms with E-state index in [4.69, 9.17) is 4.42 Å². The fraction of sp³-hybridized carbons (Fsp3) is 0.733. The number of aryl methyl sites for hydroxylation is 1. The number of nitrogens with zero attached hydrogens (tertiary/aromatic N) is 1. The maximum absolute atomic E-state index is 5.77. The van der Waals surface area contributed by atoms with Crippen LogP contribution in [0.2, 0.25) is 0 Å². The van der Waals surface area contributed by atoms with Crippen molar-refractivity contribution in [2.75, 3.05) is 13.6 Å². The lowest BCUT2D eigenvalue weighted by Crippen LogP contribution is -2.32. The second kappa shape index (κ2) is 5.89. The summed E-state index contributed by atoms with van der Waals surface area (Å²) < 4.78 is 5.77. The zero-order valence-corrected chi connectivity index (χ0v) is 12.1. The van der Waals surface area contributed by atoms with Crippen LogP contribution in [0.3, 0.4) is 0 Å². The highest BCUT2D eigenvalue weighted by Gasteiger charge is 2.26. The molecule has 0 amide bonds. The van der Waals surface area contributed by atoms with Crippen molar-refractivity contribution in [3.63, 3.8) is 0 Å². The van der Waals surface area contributed by atoms with Gasteiger partial charge in [-0.2, -0.15) is 0 Å². The molecule has 1 N–H and O–H groups in total. The second-order valence-corrected chi connectivity index (χ2v) is 5.79. The molecule has 0 atom stereocenters. The molecule has 1 aromatic heterocycles. The molecule has 1 saturated carbocycles. The van der Waals surface area contributed by atoms with Crippen LogP contribution in [0.25, 0.3) is 0 Å². The van der Waals surface area contributed by atoms with Crippen molar-refractivity contribution in [2.45, 2.75) is 52.7 Å². The molecular weight excluding hydrogens is 224 g/mol. The van der Waals surface area contributed by atoms with Gasteiger partial charge in [0.25, 0.3) is 0 Å². The molecule has 0 spiro atoms.